The second-order valence-corrected chi connectivity index (χ2v) is 31.4. The van der Waals surface area contributed by atoms with Gasteiger partial charge in [-0.05, 0) is 37.5 Å². The fourth-order valence-corrected chi connectivity index (χ4v) is 13.4. The lowest BCUT2D eigenvalue weighted by molar-refractivity contribution is -0.161. The Morgan fingerprint density at radius 3 is 0.792 bits per heavy atom. The molecule has 0 spiro atoms. The average Bonchev–Trinajstić information content (AvgIpc) is 1.20. The Morgan fingerprint density at radius 1 is 0.302 bits per heavy atom. The van der Waals surface area contributed by atoms with E-state index in [0.717, 1.165) is 102 Å². The van der Waals surface area contributed by atoms with Crippen molar-refractivity contribution in [2.45, 2.75) is 419 Å². The minimum absolute atomic E-state index is 0.104. The number of hydrogen-bond acceptors (Lipinski definition) is 15. The van der Waals surface area contributed by atoms with Crippen LogP contribution in [-0.4, -0.2) is 96.7 Å². The van der Waals surface area contributed by atoms with Crippen molar-refractivity contribution in [3.05, 3.63) is 0 Å². The standard InChI is InChI=1S/C77H150O17P2/c1-7-10-12-14-16-18-20-22-24-26-27-29-31-33-35-42-49-55-61-76(81)93-72(65-87-74(79)59-53-47-41-34-32-30-28-25-23-21-19-17-15-13-11-8-2)67-91-95(83,84)89-63-71(78)64-90-96(85,86)92-68-73(66-88-75(80)60-54-48-44-38-39-45-51-57-69(4)5)94-77(82)62-56-50-43-37-36-40-46-52-58-70(6)9-3/h69-73,78H,7-68H2,1-6H3,(H,83,84)(H,85,86)/t70?,71-,72-,73-/m1/s1. The molecule has 96 heavy (non-hydrogen) atoms. The van der Waals surface area contributed by atoms with Gasteiger partial charge in [0.25, 0.3) is 0 Å². The number of unbranched alkanes of at least 4 members (excludes halogenated alkanes) is 45. The molecule has 0 aromatic heterocycles. The Kier molecular flexibility index (Phi) is 67.4. The molecular formula is C77H150O17P2. The van der Waals surface area contributed by atoms with E-state index in [1.54, 1.807) is 0 Å². The molecule has 0 saturated heterocycles. The molecule has 19 heteroatoms. The first kappa shape index (κ1) is 94.1. The van der Waals surface area contributed by atoms with Crippen LogP contribution in [0.3, 0.4) is 0 Å². The van der Waals surface area contributed by atoms with Gasteiger partial charge < -0.3 is 33.8 Å². The number of phosphoric acid groups is 2. The van der Waals surface area contributed by atoms with Gasteiger partial charge in [-0.15, -0.1) is 0 Å². The van der Waals surface area contributed by atoms with E-state index >= 15 is 0 Å². The van der Waals surface area contributed by atoms with Gasteiger partial charge in [0.05, 0.1) is 26.4 Å². The Morgan fingerprint density at radius 2 is 0.531 bits per heavy atom. The van der Waals surface area contributed by atoms with Gasteiger partial charge in [-0.3, -0.25) is 37.3 Å². The van der Waals surface area contributed by atoms with Crippen LogP contribution in [0.2, 0.25) is 0 Å². The van der Waals surface area contributed by atoms with Crippen molar-refractivity contribution in [3.63, 3.8) is 0 Å². The number of carbonyl (C=O) groups excluding carboxylic acids is 4. The summed E-state index contributed by atoms with van der Waals surface area (Å²) in [5.74, 6) is -0.641. The number of aliphatic hydroxyl groups is 1. The molecule has 0 aliphatic rings. The highest BCUT2D eigenvalue weighted by molar-refractivity contribution is 7.47. The third-order valence-corrected chi connectivity index (χ3v) is 20.2. The van der Waals surface area contributed by atoms with Crippen LogP contribution in [0.5, 0.6) is 0 Å². The van der Waals surface area contributed by atoms with Crippen LogP contribution < -0.4 is 0 Å². The third kappa shape index (κ3) is 69.2. The van der Waals surface area contributed by atoms with Crippen molar-refractivity contribution in [2.75, 3.05) is 39.6 Å². The highest BCUT2D eigenvalue weighted by Gasteiger charge is 2.30. The zero-order valence-corrected chi connectivity index (χ0v) is 64.5. The number of phosphoric ester groups is 2. The summed E-state index contributed by atoms with van der Waals surface area (Å²) in [4.78, 5) is 72.8. The van der Waals surface area contributed by atoms with Crippen molar-refractivity contribution in [1.29, 1.82) is 0 Å². The van der Waals surface area contributed by atoms with E-state index in [0.29, 0.717) is 31.6 Å². The fraction of sp³-hybridized carbons (Fsp3) is 0.948. The average molecular weight is 1410 g/mol. The molecule has 17 nitrogen and oxygen atoms in total. The molecule has 0 bridgehead atoms. The SMILES string of the molecule is CCCCCCCCCCCCCCCCCCCCC(=O)O[C@H](COC(=O)CCCCCCCCCCCCCCCCCC)COP(=O)(O)OC[C@@H](O)COP(=O)(O)OC[C@@H](COC(=O)CCCCCCCCCC(C)C)OC(=O)CCCCCCCCCCC(C)CC. The molecule has 0 saturated carbocycles. The molecule has 0 radical (unpaired) electrons. The molecule has 0 aliphatic heterocycles. The molecule has 0 fully saturated rings. The summed E-state index contributed by atoms with van der Waals surface area (Å²) in [6.07, 6.45) is 56.9. The van der Waals surface area contributed by atoms with Gasteiger partial charge in [0.1, 0.15) is 19.3 Å². The lowest BCUT2D eigenvalue weighted by Gasteiger charge is -2.21. The zero-order chi connectivity index (χ0) is 70.7. The van der Waals surface area contributed by atoms with Gasteiger partial charge in [-0.2, -0.15) is 0 Å². The van der Waals surface area contributed by atoms with E-state index in [9.17, 15) is 43.2 Å². The molecule has 0 amide bonds. The predicted octanol–water partition coefficient (Wildman–Crippen LogP) is 22.7. The largest absolute Gasteiger partial charge is 0.472 e. The first-order chi connectivity index (χ1) is 46.4. The molecule has 3 N–H and O–H groups in total. The predicted molar refractivity (Wildman–Crippen MR) is 391 cm³/mol. The van der Waals surface area contributed by atoms with Crippen LogP contribution in [0.1, 0.15) is 401 Å². The van der Waals surface area contributed by atoms with Crippen LogP contribution in [0.15, 0.2) is 0 Å². The minimum Gasteiger partial charge on any atom is -0.462 e. The van der Waals surface area contributed by atoms with Crippen LogP contribution >= 0.6 is 15.6 Å². The number of carbonyl (C=O) groups is 4. The Labute approximate surface area is 588 Å². The lowest BCUT2D eigenvalue weighted by Crippen LogP contribution is -2.30. The maximum atomic E-state index is 13.1. The summed E-state index contributed by atoms with van der Waals surface area (Å²) in [7, 11) is -9.91. The molecule has 0 rings (SSSR count). The van der Waals surface area contributed by atoms with E-state index in [-0.39, 0.29) is 25.7 Å². The maximum absolute atomic E-state index is 13.1. The fourth-order valence-electron chi connectivity index (χ4n) is 11.8. The molecule has 0 aromatic rings. The smallest absolute Gasteiger partial charge is 0.462 e. The number of aliphatic hydroxyl groups excluding tert-OH is 1. The maximum Gasteiger partial charge on any atom is 0.472 e. The molecule has 6 atom stereocenters. The molecule has 0 aromatic carbocycles. The van der Waals surface area contributed by atoms with E-state index in [1.165, 1.54) is 212 Å². The quantitative estimate of drug-likeness (QED) is 0.0222. The molecular weight excluding hydrogens is 1260 g/mol. The number of ether oxygens (including phenoxy) is 4. The summed E-state index contributed by atoms with van der Waals surface area (Å²) in [5.41, 5.74) is 0. The normalized spacial score (nSPS) is 14.3. The molecule has 570 valence electrons. The van der Waals surface area contributed by atoms with Gasteiger partial charge in [0, 0.05) is 25.7 Å². The monoisotopic (exact) mass is 1410 g/mol. The highest BCUT2D eigenvalue weighted by Crippen LogP contribution is 2.45. The number of esters is 4. The van der Waals surface area contributed by atoms with Crippen LogP contribution in [0.25, 0.3) is 0 Å². The Hall–Kier alpha value is -1.94. The molecule has 0 aliphatic carbocycles. The zero-order valence-electron chi connectivity index (χ0n) is 62.7. The topological polar surface area (TPSA) is 237 Å². The summed E-state index contributed by atoms with van der Waals surface area (Å²) < 4.78 is 68.6. The second-order valence-electron chi connectivity index (χ2n) is 28.5. The summed E-state index contributed by atoms with van der Waals surface area (Å²) in [6.45, 7) is 9.55. The van der Waals surface area contributed by atoms with Crippen molar-refractivity contribution in [1.82, 2.24) is 0 Å². The van der Waals surface area contributed by atoms with Crippen LogP contribution in [-0.2, 0) is 65.4 Å². The van der Waals surface area contributed by atoms with Crippen molar-refractivity contribution in [2.24, 2.45) is 11.8 Å². The van der Waals surface area contributed by atoms with Crippen molar-refractivity contribution < 1.29 is 80.2 Å². The Balaban J connectivity index is 5.24. The van der Waals surface area contributed by atoms with E-state index in [1.807, 2.05) is 0 Å². The highest BCUT2D eigenvalue weighted by atomic mass is 31.2. The lowest BCUT2D eigenvalue weighted by atomic mass is 9.99. The van der Waals surface area contributed by atoms with Gasteiger partial charge >= 0.3 is 39.5 Å². The van der Waals surface area contributed by atoms with Gasteiger partial charge in [-0.25, -0.2) is 9.13 Å². The molecule has 3 unspecified atom stereocenters. The van der Waals surface area contributed by atoms with Gasteiger partial charge in [0.15, 0.2) is 12.2 Å². The summed E-state index contributed by atoms with van der Waals surface area (Å²) >= 11 is 0. The first-order valence-electron chi connectivity index (χ1n) is 40.0. The summed E-state index contributed by atoms with van der Waals surface area (Å²) in [6, 6.07) is 0. The van der Waals surface area contributed by atoms with Crippen LogP contribution in [0, 0.1) is 11.8 Å². The number of hydrogen-bond donors (Lipinski definition) is 3. The van der Waals surface area contributed by atoms with Gasteiger partial charge in [0.2, 0.25) is 0 Å². The van der Waals surface area contributed by atoms with Crippen molar-refractivity contribution >= 4 is 39.5 Å². The summed E-state index contributed by atoms with van der Waals surface area (Å²) in [5, 5.41) is 10.6. The third-order valence-electron chi connectivity index (χ3n) is 18.3. The van der Waals surface area contributed by atoms with Gasteiger partial charge in [-0.1, -0.05) is 350 Å². The van der Waals surface area contributed by atoms with E-state index in [2.05, 4.69) is 41.5 Å². The Bertz CT molecular complexity index is 1860. The van der Waals surface area contributed by atoms with Crippen molar-refractivity contribution in [3.8, 4) is 0 Å². The number of rotatable bonds is 76. The second kappa shape index (κ2) is 68.8. The van der Waals surface area contributed by atoms with E-state index < -0.39 is 97.5 Å². The first-order valence-corrected chi connectivity index (χ1v) is 43.0. The minimum atomic E-state index is -4.96. The molecule has 0 heterocycles. The van der Waals surface area contributed by atoms with E-state index in [4.69, 9.17) is 37.0 Å². The van der Waals surface area contributed by atoms with Crippen LogP contribution in [0.4, 0.5) is 0 Å².